The monoisotopic (exact) mass is 253 g/mol. The molecule has 1 amide bonds. The van der Waals surface area contributed by atoms with Crippen molar-refractivity contribution in [3.8, 4) is 0 Å². The van der Waals surface area contributed by atoms with Crippen molar-refractivity contribution in [3.05, 3.63) is 18.1 Å². The summed E-state index contributed by atoms with van der Waals surface area (Å²) in [4.78, 5) is 19.4. The molecule has 0 atom stereocenters. The minimum Gasteiger partial charge on any atom is -0.382 e. The van der Waals surface area contributed by atoms with Crippen molar-refractivity contribution in [3.63, 3.8) is 0 Å². The third-order valence-corrected chi connectivity index (χ3v) is 2.69. The smallest absolute Gasteiger partial charge is 0.230 e. The predicted octanol–water partition coefficient (Wildman–Crippen LogP) is 0.377. The molecule has 0 unspecified atom stereocenters. The SMILES string of the molecule is CC(C)NC(=O)CSc1nccnc1C(=N)N. The molecule has 0 saturated carbocycles. The zero-order valence-corrected chi connectivity index (χ0v) is 10.5. The van der Waals surface area contributed by atoms with Crippen LogP contribution in [0.1, 0.15) is 19.5 Å². The van der Waals surface area contributed by atoms with E-state index in [1.54, 1.807) is 0 Å². The summed E-state index contributed by atoms with van der Waals surface area (Å²) in [5.41, 5.74) is 5.68. The van der Waals surface area contributed by atoms with Crippen molar-refractivity contribution in [2.75, 3.05) is 5.75 Å². The van der Waals surface area contributed by atoms with Gasteiger partial charge in [-0.15, -0.1) is 0 Å². The van der Waals surface area contributed by atoms with Crippen molar-refractivity contribution >= 4 is 23.5 Å². The molecule has 0 bridgehead atoms. The highest BCUT2D eigenvalue weighted by molar-refractivity contribution is 8.00. The Hall–Kier alpha value is -1.63. The second-order valence-electron chi connectivity index (χ2n) is 3.63. The summed E-state index contributed by atoms with van der Waals surface area (Å²) in [6.45, 7) is 3.79. The number of nitrogen functional groups attached to an aromatic ring is 1. The van der Waals surface area contributed by atoms with E-state index in [4.69, 9.17) is 11.1 Å². The molecule has 0 aliphatic carbocycles. The zero-order valence-electron chi connectivity index (χ0n) is 9.73. The van der Waals surface area contributed by atoms with Crippen LogP contribution in [0.3, 0.4) is 0 Å². The van der Waals surface area contributed by atoms with Gasteiger partial charge in [-0.25, -0.2) is 9.97 Å². The lowest BCUT2D eigenvalue weighted by molar-refractivity contribution is -0.119. The van der Waals surface area contributed by atoms with Crippen molar-refractivity contribution in [1.29, 1.82) is 5.41 Å². The molecule has 17 heavy (non-hydrogen) atoms. The Balaban J connectivity index is 2.63. The lowest BCUT2D eigenvalue weighted by Gasteiger charge is -2.08. The molecule has 6 nitrogen and oxygen atoms in total. The number of carbonyl (C=O) groups excluding carboxylic acids is 1. The molecule has 0 spiro atoms. The number of nitrogens with zero attached hydrogens (tertiary/aromatic N) is 2. The van der Waals surface area contributed by atoms with Crippen LogP contribution in [0, 0.1) is 5.41 Å². The van der Waals surface area contributed by atoms with Crippen LogP contribution in [-0.4, -0.2) is 33.5 Å². The number of amides is 1. The summed E-state index contributed by atoms with van der Waals surface area (Å²) < 4.78 is 0. The van der Waals surface area contributed by atoms with Gasteiger partial charge in [0, 0.05) is 18.4 Å². The molecule has 7 heteroatoms. The Bertz CT molecular complexity index is 421. The highest BCUT2D eigenvalue weighted by Gasteiger charge is 2.11. The molecule has 0 saturated heterocycles. The van der Waals surface area contributed by atoms with Gasteiger partial charge >= 0.3 is 0 Å². The molecule has 1 aromatic heterocycles. The Kier molecular flexibility index (Phi) is 4.89. The van der Waals surface area contributed by atoms with E-state index < -0.39 is 0 Å². The first kappa shape index (κ1) is 13.4. The van der Waals surface area contributed by atoms with Crippen molar-refractivity contribution < 1.29 is 4.79 Å². The summed E-state index contributed by atoms with van der Waals surface area (Å²) in [7, 11) is 0. The van der Waals surface area contributed by atoms with Crippen LogP contribution in [0.25, 0.3) is 0 Å². The van der Waals surface area contributed by atoms with Crippen LogP contribution in [0.2, 0.25) is 0 Å². The number of hydrogen-bond acceptors (Lipinski definition) is 5. The summed E-state index contributed by atoms with van der Waals surface area (Å²) >= 11 is 1.22. The van der Waals surface area contributed by atoms with Crippen LogP contribution in [0.4, 0.5) is 0 Å². The fourth-order valence-corrected chi connectivity index (χ4v) is 1.90. The van der Waals surface area contributed by atoms with Crippen LogP contribution < -0.4 is 11.1 Å². The largest absolute Gasteiger partial charge is 0.382 e. The molecule has 0 aliphatic heterocycles. The Morgan fingerprint density at radius 2 is 2.18 bits per heavy atom. The Morgan fingerprint density at radius 3 is 2.76 bits per heavy atom. The predicted molar refractivity (Wildman–Crippen MR) is 67.1 cm³/mol. The van der Waals surface area contributed by atoms with Gasteiger partial charge in [-0.2, -0.15) is 0 Å². The van der Waals surface area contributed by atoms with Crippen LogP contribution >= 0.6 is 11.8 Å². The van der Waals surface area contributed by atoms with E-state index in [9.17, 15) is 4.79 Å². The number of nitrogens with two attached hydrogens (primary N) is 1. The van der Waals surface area contributed by atoms with Crippen molar-refractivity contribution in [2.24, 2.45) is 5.73 Å². The van der Waals surface area contributed by atoms with Crippen LogP contribution in [0.15, 0.2) is 17.4 Å². The second kappa shape index (κ2) is 6.19. The van der Waals surface area contributed by atoms with Gasteiger partial charge in [0.1, 0.15) is 16.6 Å². The molecule has 0 aromatic carbocycles. The summed E-state index contributed by atoms with van der Waals surface area (Å²) in [6.07, 6.45) is 2.98. The van der Waals surface area contributed by atoms with E-state index in [0.29, 0.717) is 10.7 Å². The molecular formula is C10H15N5OS. The summed E-state index contributed by atoms with van der Waals surface area (Å²) in [5.74, 6) is 0.00646. The third-order valence-electron chi connectivity index (χ3n) is 1.71. The van der Waals surface area contributed by atoms with Crippen LogP contribution in [0.5, 0.6) is 0 Å². The molecule has 0 radical (unpaired) electrons. The molecule has 0 fully saturated rings. The van der Waals surface area contributed by atoms with E-state index in [1.807, 2.05) is 13.8 Å². The maximum absolute atomic E-state index is 11.4. The number of aromatic nitrogens is 2. The first-order valence-corrected chi connectivity index (χ1v) is 6.07. The molecular weight excluding hydrogens is 238 g/mol. The first-order valence-electron chi connectivity index (χ1n) is 5.08. The van der Waals surface area contributed by atoms with Crippen molar-refractivity contribution in [1.82, 2.24) is 15.3 Å². The molecule has 4 N–H and O–H groups in total. The van der Waals surface area contributed by atoms with Gasteiger partial charge in [-0.05, 0) is 13.8 Å². The van der Waals surface area contributed by atoms with E-state index >= 15 is 0 Å². The number of nitrogens with one attached hydrogen (secondary N) is 2. The van der Waals surface area contributed by atoms with E-state index in [0.717, 1.165) is 0 Å². The average molecular weight is 253 g/mol. The maximum atomic E-state index is 11.4. The van der Waals surface area contributed by atoms with Crippen LogP contribution in [-0.2, 0) is 4.79 Å². The summed E-state index contributed by atoms with van der Waals surface area (Å²) in [6, 6.07) is 0.109. The van der Waals surface area contributed by atoms with E-state index in [2.05, 4.69) is 15.3 Å². The zero-order chi connectivity index (χ0) is 12.8. The maximum Gasteiger partial charge on any atom is 0.230 e. The third kappa shape index (κ3) is 4.39. The van der Waals surface area contributed by atoms with Gasteiger partial charge in [0.25, 0.3) is 0 Å². The number of thioether (sulfide) groups is 1. The number of carbonyl (C=O) groups is 1. The lowest BCUT2D eigenvalue weighted by Crippen LogP contribution is -2.31. The highest BCUT2D eigenvalue weighted by Crippen LogP contribution is 2.17. The Labute approximate surface area is 104 Å². The quantitative estimate of drug-likeness (QED) is 0.399. The average Bonchev–Trinajstić information content (AvgIpc) is 2.25. The normalized spacial score (nSPS) is 10.3. The first-order chi connectivity index (χ1) is 8.00. The van der Waals surface area contributed by atoms with Gasteiger partial charge in [0.2, 0.25) is 5.91 Å². The topological polar surface area (TPSA) is 105 Å². The highest BCUT2D eigenvalue weighted by atomic mass is 32.2. The van der Waals surface area contributed by atoms with Gasteiger partial charge in [-0.1, -0.05) is 11.8 Å². The minimum atomic E-state index is -0.148. The standard InChI is InChI=1S/C10H15N5OS/c1-6(2)15-7(16)5-17-10-8(9(11)12)13-3-4-14-10/h3-4,6H,5H2,1-2H3,(H3,11,12)(H,15,16). The number of amidine groups is 1. The fourth-order valence-electron chi connectivity index (χ4n) is 1.11. The lowest BCUT2D eigenvalue weighted by atomic mass is 10.4. The van der Waals surface area contributed by atoms with Gasteiger partial charge < -0.3 is 11.1 Å². The van der Waals surface area contributed by atoms with Crippen molar-refractivity contribution in [2.45, 2.75) is 24.9 Å². The second-order valence-corrected chi connectivity index (χ2v) is 4.60. The van der Waals surface area contributed by atoms with E-state index in [1.165, 1.54) is 24.2 Å². The van der Waals surface area contributed by atoms with Gasteiger partial charge in [0.05, 0.1) is 5.75 Å². The van der Waals surface area contributed by atoms with E-state index in [-0.39, 0.29) is 23.5 Å². The molecule has 1 rings (SSSR count). The number of rotatable bonds is 5. The molecule has 1 aromatic rings. The number of hydrogen-bond donors (Lipinski definition) is 3. The Morgan fingerprint density at radius 1 is 1.53 bits per heavy atom. The summed E-state index contributed by atoms with van der Waals surface area (Å²) in [5, 5.41) is 10.6. The minimum absolute atomic E-state index is 0.0786. The molecule has 0 aliphatic rings. The molecule has 1 heterocycles. The fraction of sp³-hybridized carbons (Fsp3) is 0.400. The molecule has 92 valence electrons. The van der Waals surface area contributed by atoms with Gasteiger partial charge in [-0.3, -0.25) is 10.2 Å². The van der Waals surface area contributed by atoms with Gasteiger partial charge in [0.15, 0.2) is 0 Å².